The van der Waals surface area contributed by atoms with Crippen LogP contribution < -0.4 is 4.74 Å². The average Bonchev–Trinajstić information content (AvgIpc) is 2.86. The van der Waals surface area contributed by atoms with Gasteiger partial charge < -0.3 is 14.9 Å². The van der Waals surface area contributed by atoms with Crippen molar-refractivity contribution in [2.75, 3.05) is 33.3 Å². The second-order valence-corrected chi connectivity index (χ2v) is 8.06. The lowest BCUT2D eigenvalue weighted by atomic mass is 10.0. The predicted molar refractivity (Wildman–Crippen MR) is 129 cm³/mol. The summed E-state index contributed by atoms with van der Waals surface area (Å²) in [7, 11) is 1.71. The summed E-state index contributed by atoms with van der Waals surface area (Å²) in [6.45, 7) is 5.54. The molecule has 1 aliphatic rings. The number of nitro groups is 1. The van der Waals surface area contributed by atoms with E-state index >= 15 is 0 Å². The zero-order valence-electron chi connectivity index (χ0n) is 19.3. The number of carboxylic acid groups (broad SMARTS) is 2. The normalized spacial score (nSPS) is 14.1. The molecule has 3 aromatic carbocycles. The Kier molecular flexibility index (Phi) is 8.71. The topological polar surface area (TPSA) is 133 Å². The summed E-state index contributed by atoms with van der Waals surface area (Å²) in [4.78, 5) is 33.7. The van der Waals surface area contributed by atoms with Crippen LogP contribution in [0.3, 0.4) is 0 Å². The van der Waals surface area contributed by atoms with Gasteiger partial charge in [-0.05, 0) is 22.6 Å². The van der Waals surface area contributed by atoms with E-state index in [9.17, 15) is 10.1 Å². The Hall–Kier alpha value is -4.02. The van der Waals surface area contributed by atoms with Crippen molar-refractivity contribution in [3.8, 4) is 5.75 Å². The van der Waals surface area contributed by atoms with Gasteiger partial charge in [0.2, 0.25) is 0 Å². The first-order chi connectivity index (χ1) is 16.8. The number of carbonyl (C=O) groups is 2. The van der Waals surface area contributed by atoms with Crippen LogP contribution in [0, 0.1) is 10.1 Å². The number of hydrogen-bond donors (Lipinski definition) is 2. The molecule has 0 unspecified atom stereocenters. The van der Waals surface area contributed by atoms with Crippen LogP contribution in [0.1, 0.15) is 11.1 Å². The summed E-state index contributed by atoms with van der Waals surface area (Å²) >= 11 is 0. The highest BCUT2D eigenvalue weighted by Crippen LogP contribution is 2.29. The Balaban J connectivity index is 0.000000509. The molecule has 0 amide bonds. The van der Waals surface area contributed by atoms with Crippen molar-refractivity contribution in [3.05, 3.63) is 81.9 Å². The van der Waals surface area contributed by atoms with Crippen LogP contribution in [-0.2, 0) is 22.7 Å². The second-order valence-electron chi connectivity index (χ2n) is 8.06. The lowest BCUT2D eigenvalue weighted by Gasteiger charge is -2.35. The van der Waals surface area contributed by atoms with Crippen LogP contribution in [0.4, 0.5) is 5.69 Å². The molecule has 4 rings (SSSR count). The predicted octanol–water partition coefficient (Wildman–Crippen LogP) is 3.23. The number of non-ortho nitro benzene ring substituents is 1. The van der Waals surface area contributed by atoms with Gasteiger partial charge in [-0.15, -0.1) is 0 Å². The van der Waals surface area contributed by atoms with E-state index in [1.165, 1.54) is 10.9 Å². The van der Waals surface area contributed by atoms with Gasteiger partial charge in [0.1, 0.15) is 5.75 Å². The van der Waals surface area contributed by atoms with Crippen LogP contribution in [0.5, 0.6) is 5.75 Å². The SMILES string of the molecule is COc1ccc(CN2CCN(Cc3cccc([N+](=O)[O-])c3)CC2)c2ccccc12.O=C(O)C(=O)O. The Morgan fingerprint density at radius 2 is 1.49 bits per heavy atom. The summed E-state index contributed by atoms with van der Waals surface area (Å²) in [6, 6.07) is 19.5. The highest BCUT2D eigenvalue weighted by Gasteiger charge is 2.19. The molecule has 0 spiro atoms. The molecular weight excluding hydrogens is 454 g/mol. The molecule has 0 aromatic heterocycles. The van der Waals surface area contributed by atoms with Gasteiger partial charge in [0.25, 0.3) is 5.69 Å². The molecule has 1 aliphatic heterocycles. The van der Waals surface area contributed by atoms with E-state index in [1.807, 2.05) is 12.1 Å². The van der Waals surface area contributed by atoms with E-state index in [0.717, 1.165) is 56.0 Å². The molecule has 0 saturated carbocycles. The minimum absolute atomic E-state index is 0.160. The van der Waals surface area contributed by atoms with Gasteiger partial charge in [-0.1, -0.05) is 42.5 Å². The Morgan fingerprint density at radius 1 is 0.886 bits per heavy atom. The van der Waals surface area contributed by atoms with Crippen molar-refractivity contribution < 1.29 is 29.5 Å². The number of ether oxygens (including phenoxy) is 1. The lowest BCUT2D eigenvalue weighted by molar-refractivity contribution is -0.384. The molecular formula is C25H27N3O7. The molecule has 1 heterocycles. The minimum atomic E-state index is -1.82. The van der Waals surface area contributed by atoms with E-state index < -0.39 is 11.9 Å². The molecule has 3 aromatic rings. The fourth-order valence-electron chi connectivity index (χ4n) is 4.02. The molecule has 184 valence electrons. The molecule has 0 radical (unpaired) electrons. The maximum Gasteiger partial charge on any atom is 0.414 e. The van der Waals surface area contributed by atoms with Crippen molar-refractivity contribution in [1.29, 1.82) is 0 Å². The molecule has 0 aliphatic carbocycles. The van der Waals surface area contributed by atoms with E-state index in [1.54, 1.807) is 25.3 Å². The third-order valence-corrected chi connectivity index (χ3v) is 5.76. The van der Waals surface area contributed by atoms with Gasteiger partial charge in [0.05, 0.1) is 12.0 Å². The number of piperazine rings is 1. The number of fused-ring (bicyclic) bond motifs is 1. The molecule has 10 heteroatoms. The van der Waals surface area contributed by atoms with Crippen LogP contribution in [0.15, 0.2) is 60.7 Å². The van der Waals surface area contributed by atoms with Crippen LogP contribution in [0.2, 0.25) is 0 Å². The largest absolute Gasteiger partial charge is 0.496 e. The number of benzene rings is 3. The Labute approximate surface area is 202 Å². The number of nitrogens with zero attached hydrogens (tertiary/aromatic N) is 3. The van der Waals surface area contributed by atoms with Crippen molar-refractivity contribution in [2.45, 2.75) is 13.1 Å². The zero-order chi connectivity index (χ0) is 25.4. The average molecular weight is 482 g/mol. The van der Waals surface area contributed by atoms with Gasteiger partial charge in [-0.2, -0.15) is 0 Å². The fraction of sp³-hybridized carbons (Fsp3) is 0.280. The first-order valence-electron chi connectivity index (χ1n) is 11.0. The Morgan fingerprint density at radius 3 is 2.06 bits per heavy atom. The van der Waals surface area contributed by atoms with Crippen molar-refractivity contribution >= 4 is 28.4 Å². The van der Waals surface area contributed by atoms with E-state index in [2.05, 4.69) is 40.1 Å². The monoisotopic (exact) mass is 481 g/mol. The Bertz CT molecular complexity index is 1190. The van der Waals surface area contributed by atoms with Gasteiger partial charge >= 0.3 is 11.9 Å². The van der Waals surface area contributed by atoms with Crippen LogP contribution >= 0.6 is 0 Å². The molecule has 1 fully saturated rings. The van der Waals surface area contributed by atoms with E-state index in [0.29, 0.717) is 0 Å². The van der Waals surface area contributed by atoms with Crippen LogP contribution in [0.25, 0.3) is 10.8 Å². The summed E-state index contributed by atoms with van der Waals surface area (Å²) in [6.07, 6.45) is 0. The maximum atomic E-state index is 11.0. The first-order valence-corrected chi connectivity index (χ1v) is 11.0. The van der Waals surface area contributed by atoms with Gasteiger partial charge in [0, 0.05) is 56.8 Å². The summed E-state index contributed by atoms with van der Waals surface area (Å²) < 4.78 is 5.50. The maximum absolute atomic E-state index is 11.0. The molecule has 2 N–H and O–H groups in total. The minimum Gasteiger partial charge on any atom is -0.496 e. The molecule has 1 saturated heterocycles. The number of rotatable bonds is 6. The van der Waals surface area contributed by atoms with Gasteiger partial charge in [-0.3, -0.25) is 19.9 Å². The second kappa shape index (κ2) is 11.9. The van der Waals surface area contributed by atoms with Crippen molar-refractivity contribution in [3.63, 3.8) is 0 Å². The third kappa shape index (κ3) is 6.98. The summed E-state index contributed by atoms with van der Waals surface area (Å²) in [5.74, 6) is -2.74. The van der Waals surface area contributed by atoms with E-state index in [4.69, 9.17) is 24.5 Å². The highest BCUT2D eigenvalue weighted by atomic mass is 16.6. The molecule has 0 bridgehead atoms. The number of aliphatic carboxylic acids is 2. The van der Waals surface area contributed by atoms with E-state index in [-0.39, 0.29) is 10.6 Å². The number of carboxylic acids is 2. The quantitative estimate of drug-likeness (QED) is 0.309. The first kappa shape index (κ1) is 25.6. The molecule has 35 heavy (non-hydrogen) atoms. The van der Waals surface area contributed by atoms with Gasteiger partial charge in [0.15, 0.2) is 0 Å². The number of hydrogen-bond acceptors (Lipinski definition) is 7. The van der Waals surface area contributed by atoms with Crippen LogP contribution in [-0.4, -0.2) is 70.2 Å². The standard InChI is InChI=1S/C23H25N3O3.C2H2O4/c1-29-23-10-9-19(21-7-2-3-8-22(21)23)17-25-13-11-24(12-14-25)16-18-5-4-6-20(15-18)26(27)28;3-1(4)2(5)6/h2-10,15H,11-14,16-17H2,1H3;(H,3,4)(H,5,6). The zero-order valence-corrected chi connectivity index (χ0v) is 19.3. The smallest absolute Gasteiger partial charge is 0.414 e. The number of nitro benzene ring substituents is 1. The number of methoxy groups -OCH3 is 1. The summed E-state index contributed by atoms with van der Waals surface area (Å²) in [5.41, 5.74) is 2.47. The third-order valence-electron chi connectivity index (χ3n) is 5.76. The van der Waals surface area contributed by atoms with Crippen molar-refractivity contribution in [2.24, 2.45) is 0 Å². The lowest BCUT2D eigenvalue weighted by Crippen LogP contribution is -2.45. The molecule has 10 nitrogen and oxygen atoms in total. The fourth-order valence-corrected chi connectivity index (χ4v) is 4.02. The molecule has 0 atom stereocenters. The van der Waals surface area contributed by atoms with Gasteiger partial charge in [-0.25, -0.2) is 9.59 Å². The van der Waals surface area contributed by atoms with Crippen molar-refractivity contribution in [1.82, 2.24) is 9.80 Å². The summed E-state index contributed by atoms with van der Waals surface area (Å²) in [5, 5.41) is 28.1. The highest BCUT2D eigenvalue weighted by molar-refractivity contribution is 6.27.